The molecule has 1 atom stereocenters. The second-order valence-electron chi connectivity index (χ2n) is 5.33. The topological polar surface area (TPSA) is 63.3 Å². The molecule has 0 aliphatic carbocycles. The van der Waals surface area contributed by atoms with Crippen molar-refractivity contribution in [2.45, 2.75) is 25.3 Å². The van der Waals surface area contributed by atoms with Crippen molar-refractivity contribution in [3.8, 4) is 0 Å². The molecule has 0 heterocycles. The maximum atomic E-state index is 12.9. The molecule has 0 spiro atoms. The number of carboxylic acids is 1. The van der Waals surface area contributed by atoms with E-state index in [1.807, 2.05) is 14.1 Å². The van der Waals surface area contributed by atoms with Gasteiger partial charge in [-0.3, -0.25) is 9.28 Å². The highest BCUT2D eigenvalue weighted by atomic mass is 19.1. The van der Waals surface area contributed by atoms with Gasteiger partial charge in [0, 0.05) is 12.1 Å². The number of carboxylic acid groups (broad SMARTS) is 1. The molecular weight excluding hydrogens is 247 g/mol. The van der Waals surface area contributed by atoms with E-state index < -0.39 is 12.0 Å². The molecule has 106 valence electrons. The number of hydrogen-bond acceptors (Lipinski definition) is 2. The molecule has 1 unspecified atom stereocenters. The first-order valence-corrected chi connectivity index (χ1v) is 6.40. The van der Waals surface area contributed by atoms with Crippen molar-refractivity contribution in [2.75, 3.05) is 20.6 Å². The van der Waals surface area contributed by atoms with Gasteiger partial charge in [0.2, 0.25) is 0 Å². The Bertz CT molecular complexity index is 418. The van der Waals surface area contributed by atoms with Crippen molar-refractivity contribution in [3.63, 3.8) is 0 Å². The van der Waals surface area contributed by atoms with Gasteiger partial charge in [-0.05, 0) is 31.4 Å². The molecule has 0 saturated heterocycles. The van der Waals surface area contributed by atoms with Crippen LogP contribution in [0.1, 0.15) is 19.3 Å². The highest BCUT2D eigenvalue weighted by Gasteiger charge is 2.19. The lowest BCUT2D eigenvalue weighted by atomic mass is 10.1. The minimum Gasteiger partial charge on any atom is -0.480 e. The summed E-state index contributed by atoms with van der Waals surface area (Å²) in [7, 11) is 4.09. The number of hydrogen-bond donors (Lipinski definition) is 2. The number of rotatable bonds is 7. The van der Waals surface area contributed by atoms with Crippen molar-refractivity contribution in [1.29, 1.82) is 0 Å². The second-order valence-corrected chi connectivity index (χ2v) is 5.33. The van der Waals surface area contributed by atoms with E-state index in [0.717, 1.165) is 25.1 Å². The number of benzene rings is 1. The first kappa shape index (κ1) is 15.6. The smallest absolute Gasteiger partial charge is 0.320 e. The minimum atomic E-state index is -0.952. The van der Waals surface area contributed by atoms with Crippen molar-refractivity contribution in [1.82, 2.24) is 4.48 Å². The standard InChI is InChI=1S/C14H21FN2O2/c1-17(2,12-8-6-11(15)7-9-12)10-4-3-5-13(16)14(18)19/h6-9,13H,3-5,10,16H2,1-2H3/p+1. The third-order valence-corrected chi connectivity index (χ3v) is 3.33. The van der Waals surface area contributed by atoms with E-state index in [0.29, 0.717) is 10.9 Å². The SMILES string of the molecule is C[N+](C)(CCCCC(N)C(=O)O)c1ccc(F)cc1. The van der Waals surface area contributed by atoms with Gasteiger partial charge in [-0.2, -0.15) is 0 Å². The summed E-state index contributed by atoms with van der Waals surface area (Å²) in [4.78, 5) is 10.6. The van der Waals surface area contributed by atoms with Crippen molar-refractivity contribution < 1.29 is 14.3 Å². The predicted molar refractivity (Wildman–Crippen MR) is 74.4 cm³/mol. The summed E-state index contributed by atoms with van der Waals surface area (Å²) in [5, 5.41) is 8.68. The largest absolute Gasteiger partial charge is 0.480 e. The highest BCUT2D eigenvalue weighted by Crippen LogP contribution is 2.20. The third kappa shape index (κ3) is 4.96. The Balaban J connectivity index is 2.43. The average molecular weight is 269 g/mol. The molecule has 0 aromatic heterocycles. The van der Waals surface area contributed by atoms with E-state index in [9.17, 15) is 9.18 Å². The lowest BCUT2D eigenvalue weighted by molar-refractivity contribution is -0.138. The van der Waals surface area contributed by atoms with Crippen LogP contribution in [0, 0.1) is 5.82 Å². The lowest BCUT2D eigenvalue weighted by Crippen LogP contribution is -2.41. The summed E-state index contributed by atoms with van der Waals surface area (Å²) in [6.45, 7) is 0.859. The molecule has 0 radical (unpaired) electrons. The lowest BCUT2D eigenvalue weighted by Gasteiger charge is -2.29. The van der Waals surface area contributed by atoms with E-state index in [4.69, 9.17) is 10.8 Å². The van der Waals surface area contributed by atoms with Crippen LogP contribution in [0.25, 0.3) is 0 Å². The molecular formula is C14H22FN2O2+. The molecule has 5 heteroatoms. The van der Waals surface area contributed by atoms with Crippen LogP contribution in [0.2, 0.25) is 0 Å². The molecule has 0 fully saturated rings. The number of unbranched alkanes of at least 4 members (excludes halogenated alkanes) is 1. The molecule has 4 nitrogen and oxygen atoms in total. The van der Waals surface area contributed by atoms with Gasteiger partial charge in [-0.25, -0.2) is 4.39 Å². The zero-order valence-corrected chi connectivity index (χ0v) is 11.5. The van der Waals surface area contributed by atoms with Gasteiger partial charge in [0.05, 0.1) is 20.6 Å². The van der Waals surface area contributed by atoms with Crippen LogP contribution < -0.4 is 10.2 Å². The fourth-order valence-corrected chi connectivity index (χ4v) is 1.97. The van der Waals surface area contributed by atoms with Gasteiger partial charge in [0.1, 0.15) is 17.5 Å². The van der Waals surface area contributed by atoms with E-state index >= 15 is 0 Å². The number of aliphatic carboxylic acids is 1. The van der Waals surface area contributed by atoms with Gasteiger partial charge in [0.25, 0.3) is 0 Å². The first-order chi connectivity index (χ1) is 8.83. The van der Waals surface area contributed by atoms with Crippen LogP contribution in [0.4, 0.5) is 10.1 Å². The van der Waals surface area contributed by atoms with Gasteiger partial charge in [-0.1, -0.05) is 0 Å². The van der Waals surface area contributed by atoms with Crippen molar-refractivity contribution >= 4 is 11.7 Å². The Morgan fingerprint density at radius 2 is 1.89 bits per heavy atom. The summed E-state index contributed by atoms with van der Waals surface area (Å²) in [5.74, 6) is -1.19. The number of nitrogens with two attached hydrogens (primary N) is 1. The third-order valence-electron chi connectivity index (χ3n) is 3.33. The Morgan fingerprint density at radius 3 is 2.42 bits per heavy atom. The van der Waals surface area contributed by atoms with E-state index in [1.54, 1.807) is 12.1 Å². The Morgan fingerprint density at radius 1 is 1.32 bits per heavy atom. The number of halogens is 1. The quantitative estimate of drug-likeness (QED) is 0.587. The second kappa shape index (κ2) is 6.63. The van der Waals surface area contributed by atoms with E-state index in [1.165, 1.54) is 12.1 Å². The summed E-state index contributed by atoms with van der Waals surface area (Å²) >= 11 is 0. The van der Waals surface area contributed by atoms with Crippen LogP contribution >= 0.6 is 0 Å². The molecule has 19 heavy (non-hydrogen) atoms. The van der Waals surface area contributed by atoms with Gasteiger partial charge in [0.15, 0.2) is 0 Å². The maximum absolute atomic E-state index is 12.9. The fraction of sp³-hybridized carbons (Fsp3) is 0.500. The zero-order chi connectivity index (χ0) is 14.5. The maximum Gasteiger partial charge on any atom is 0.320 e. The highest BCUT2D eigenvalue weighted by molar-refractivity contribution is 5.72. The molecule has 1 aromatic carbocycles. The van der Waals surface area contributed by atoms with Gasteiger partial charge >= 0.3 is 5.97 Å². The van der Waals surface area contributed by atoms with Crippen LogP contribution in [-0.2, 0) is 4.79 Å². The molecule has 3 N–H and O–H groups in total. The fourth-order valence-electron chi connectivity index (χ4n) is 1.97. The van der Waals surface area contributed by atoms with Crippen LogP contribution in [0.5, 0.6) is 0 Å². The molecule has 0 bridgehead atoms. The summed E-state index contributed by atoms with van der Waals surface area (Å²) in [6, 6.07) is 5.68. The monoisotopic (exact) mass is 269 g/mol. The molecule has 1 aromatic rings. The van der Waals surface area contributed by atoms with E-state index in [2.05, 4.69) is 0 Å². The van der Waals surface area contributed by atoms with Crippen molar-refractivity contribution in [3.05, 3.63) is 30.1 Å². The molecule has 1 rings (SSSR count). The van der Waals surface area contributed by atoms with E-state index in [-0.39, 0.29) is 5.82 Å². The Hall–Kier alpha value is -1.46. The van der Waals surface area contributed by atoms with Crippen LogP contribution in [0.3, 0.4) is 0 Å². The summed E-state index contributed by atoms with van der Waals surface area (Å²) in [5.41, 5.74) is 6.48. The average Bonchev–Trinajstić information content (AvgIpc) is 2.34. The molecule has 0 saturated carbocycles. The summed E-state index contributed by atoms with van der Waals surface area (Å²) in [6.07, 6.45) is 2.14. The van der Waals surface area contributed by atoms with Crippen LogP contribution in [0.15, 0.2) is 24.3 Å². The Kier molecular flexibility index (Phi) is 5.44. The minimum absolute atomic E-state index is 0.240. The summed E-state index contributed by atoms with van der Waals surface area (Å²) < 4.78 is 13.5. The van der Waals surface area contributed by atoms with Gasteiger partial charge < -0.3 is 10.8 Å². The first-order valence-electron chi connectivity index (χ1n) is 6.40. The molecule has 0 aliphatic heterocycles. The predicted octanol–water partition coefficient (Wildman–Crippen LogP) is 1.97. The molecule has 0 amide bonds. The zero-order valence-electron chi connectivity index (χ0n) is 11.5. The number of nitrogens with zero attached hydrogens (tertiary/aromatic N) is 1. The number of carbonyl (C=O) groups is 1. The Labute approximate surface area is 113 Å². The number of quaternary nitrogens is 1. The normalized spacial score (nSPS) is 13.3. The van der Waals surface area contributed by atoms with Crippen LogP contribution in [-0.4, -0.2) is 37.8 Å². The van der Waals surface area contributed by atoms with Crippen molar-refractivity contribution in [2.24, 2.45) is 5.73 Å². The molecule has 0 aliphatic rings. The van der Waals surface area contributed by atoms with Gasteiger partial charge in [-0.15, -0.1) is 0 Å².